The Balaban J connectivity index is 0. The van der Waals surface area contributed by atoms with E-state index >= 15 is 0 Å². The fraction of sp³-hybridized carbons (Fsp3) is 1.00. The Kier molecular flexibility index (Phi) is 14.2. The Morgan fingerprint density at radius 2 is 1.18 bits per heavy atom. The minimum absolute atomic E-state index is 0.760. The van der Waals surface area contributed by atoms with E-state index in [0.29, 0.717) is 0 Å². The van der Waals surface area contributed by atoms with Gasteiger partial charge in [-0.25, -0.2) is 0 Å². The molecule has 1 rings (SSSR count). The quantitative estimate of drug-likeness (QED) is 0.506. The van der Waals surface area contributed by atoms with E-state index in [-0.39, 0.29) is 0 Å². The van der Waals surface area contributed by atoms with Crippen LogP contribution in [0.5, 0.6) is 0 Å². The van der Waals surface area contributed by atoms with Crippen LogP contribution in [-0.4, -0.2) is 0 Å². The predicted octanol–water partition coefficient (Wildman–Crippen LogP) is 6.84. The summed E-state index contributed by atoms with van der Waals surface area (Å²) in [5.74, 6) is 1.00. The van der Waals surface area contributed by atoms with Crippen molar-refractivity contribution in [3.05, 3.63) is 0 Å². The van der Waals surface area contributed by atoms with Crippen LogP contribution in [0, 0.1) is 11.3 Å². The highest BCUT2D eigenvalue weighted by Crippen LogP contribution is 2.45. The van der Waals surface area contributed by atoms with Crippen molar-refractivity contribution < 1.29 is 0 Å². The molecule has 0 atom stereocenters. The lowest BCUT2D eigenvalue weighted by molar-refractivity contribution is 0.127. The molecule has 0 aromatic heterocycles. The average molecular weight is 242 g/mol. The summed E-state index contributed by atoms with van der Waals surface area (Å²) in [4.78, 5) is 0. The molecule has 0 heteroatoms. The first-order valence-corrected chi connectivity index (χ1v) is 8.22. The van der Waals surface area contributed by atoms with Crippen molar-refractivity contribution in [1.82, 2.24) is 0 Å². The SMILES string of the molecule is CC.CC.CCCC1(CCC)CCC(C)CC1. The van der Waals surface area contributed by atoms with Crippen LogP contribution in [0.4, 0.5) is 0 Å². The van der Waals surface area contributed by atoms with Crippen molar-refractivity contribution in [2.24, 2.45) is 11.3 Å². The van der Waals surface area contributed by atoms with Crippen molar-refractivity contribution in [2.75, 3.05) is 0 Å². The van der Waals surface area contributed by atoms with Crippen LogP contribution in [-0.2, 0) is 0 Å². The van der Waals surface area contributed by atoms with Gasteiger partial charge in [0.05, 0.1) is 0 Å². The third-order valence-corrected chi connectivity index (χ3v) is 3.90. The Hall–Kier alpha value is 0. The van der Waals surface area contributed by atoms with E-state index in [9.17, 15) is 0 Å². The number of hydrogen-bond acceptors (Lipinski definition) is 0. The summed E-state index contributed by atoms with van der Waals surface area (Å²) in [6, 6.07) is 0. The van der Waals surface area contributed by atoms with E-state index < -0.39 is 0 Å². The summed E-state index contributed by atoms with van der Waals surface area (Å²) in [6.07, 6.45) is 11.7. The van der Waals surface area contributed by atoms with Crippen molar-refractivity contribution >= 4 is 0 Å². The standard InChI is InChI=1S/C13H26.2C2H6/c1-4-8-13(9-5-2)10-6-12(3)7-11-13;2*1-2/h12H,4-11H2,1-3H3;2*1-2H3. The summed E-state index contributed by atoms with van der Waals surface area (Å²) in [6.45, 7) is 15.1. The molecule has 1 aliphatic rings. The molecule has 0 nitrogen and oxygen atoms in total. The minimum Gasteiger partial charge on any atom is -0.0683 e. The van der Waals surface area contributed by atoms with Crippen molar-refractivity contribution in [2.45, 2.75) is 99.8 Å². The maximum Gasteiger partial charge on any atom is -0.0297 e. The lowest BCUT2D eigenvalue weighted by Gasteiger charge is -2.39. The first kappa shape index (κ1) is 19.3. The molecular formula is C17H38. The lowest BCUT2D eigenvalue weighted by Crippen LogP contribution is -2.26. The largest absolute Gasteiger partial charge is 0.0683 e. The van der Waals surface area contributed by atoms with E-state index in [4.69, 9.17) is 0 Å². The Morgan fingerprint density at radius 3 is 1.47 bits per heavy atom. The smallest absolute Gasteiger partial charge is 0.0297 e. The van der Waals surface area contributed by atoms with Gasteiger partial charge in [0.25, 0.3) is 0 Å². The zero-order valence-electron chi connectivity index (χ0n) is 13.7. The molecule has 0 aromatic rings. The molecule has 106 valence electrons. The van der Waals surface area contributed by atoms with Gasteiger partial charge in [-0.15, -0.1) is 0 Å². The molecule has 1 saturated carbocycles. The van der Waals surface area contributed by atoms with E-state index in [1.807, 2.05) is 27.7 Å². The number of hydrogen-bond donors (Lipinski definition) is 0. The Labute approximate surface area is 112 Å². The Morgan fingerprint density at radius 1 is 0.824 bits per heavy atom. The second-order valence-corrected chi connectivity index (χ2v) is 5.18. The van der Waals surface area contributed by atoms with Gasteiger partial charge < -0.3 is 0 Å². The lowest BCUT2D eigenvalue weighted by atomic mass is 9.66. The van der Waals surface area contributed by atoms with Crippen LogP contribution in [0.25, 0.3) is 0 Å². The van der Waals surface area contributed by atoms with Crippen LogP contribution < -0.4 is 0 Å². The van der Waals surface area contributed by atoms with Crippen LogP contribution in [0.3, 0.4) is 0 Å². The van der Waals surface area contributed by atoms with Crippen molar-refractivity contribution in [3.63, 3.8) is 0 Å². The van der Waals surface area contributed by atoms with Crippen molar-refractivity contribution in [3.8, 4) is 0 Å². The van der Waals surface area contributed by atoms with Gasteiger partial charge >= 0.3 is 0 Å². The average Bonchev–Trinajstić information content (AvgIpc) is 2.39. The third kappa shape index (κ3) is 7.84. The molecule has 0 spiro atoms. The minimum atomic E-state index is 0.760. The fourth-order valence-electron chi connectivity index (χ4n) is 3.06. The molecule has 0 aliphatic heterocycles. The van der Waals surface area contributed by atoms with Gasteiger partial charge in [-0.05, 0) is 37.0 Å². The molecule has 0 radical (unpaired) electrons. The summed E-state index contributed by atoms with van der Waals surface area (Å²) in [5, 5.41) is 0. The third-order valence-electron chi connectivity index (χ3n) is 3.90. The highest BCUT2D eigenvalue weighted by Gasteiger charge is 2.31. The summed E-state index contributed by atoms with van der Waals surface area (Å²) >= 11 is 0. The van der Waals surface area contributed by atoms with Gasteiger partial charge in [-0.3, -0.25) is 0 Å². The van der Waals surface area contributed by atoms with E-state index in [1.165, 1.54) is 51.4 Å². The van der Waals surface area contributed by atoms with Crippen LogP contribution in [0.1, 0.15) is 99.8 Å². The first-order chi connectivity index (χ1) is 8.22. The second kappa shape index (κ2) is 12.5. The van der Waals surface area contributed by atoms with Crippen molar-refractivity contribution in [1.29, 1.82) is 0 Å². The van der Waals surface area contributed by atoms with Gasteiger partial charge in [0.15, 0.2) is 0 Å². The zero-order chi connectivity index (χ0) is 13.7. The Bertz CT molecular complexity index is 121. The molecule has 0 heterocycles. The molecule has 1 aliphatic carbocycles. The molecule has 0 N–H and O–H groups in total. The summed E-state index contributed by atoms with van der Waals surface area (Å²) < 4.78 is 0. The molecule has 1 fully saturated rings. The summed E-state index contributed by atoms with van der Waals surface area (Å²) in [7, 11) is 0. The second-order valence-electron chi connectivity index (χ2n) is 5.18. The van der Waals surface area contributed by atoms with Gasteiger partial charge in [-0.2, -0.15) is 0 Å². The van der Waals surface area contributed by atoms with Crippen LogP contribution in [0.15, 0.2) is 0 Å². The predicted molar refractivity (Wildman–Crippen MR) is 82.6 cm³/mol. The van der Waals surface area contributed by atoms with Gasteiger partial charge in [0, 0.05) is 0 Å². The maximum absolute atomic E-state index is 2.42. The molecule has 17 heavy (non-hydrogen) atoms. The molecule has 0 saturated heterocycles. The van der Waals surface area contributed by atoms with Gasteiger partial charge in [-0.1, -0.05) is 74.1 Å². The zero-order valence-corrected chi connectivity index (χ0v) is 13.7. The summed E-state index contributed by atoms with van der Waals surface area (Å²) in [5.41, 5.74) is 0.760. The van der Waals surface area contributed by atoms with Gasteiger partial charge in [0.1, 0.15) is 0 Å². The van der Waals surface area contributed by atoms with Crippen LogP contribution >= 0.6 is 0 Å². The molecule has 0 bridgehead atoms. The monoisotopic (exact) mass is 242 g/mol. The molecule has 0 unspecified atom stereocenters. The molecule has 0 amide bonds. The first-order valence-electron chi connectivity index (χ1n) is 8.22. The van der Waals surface area contributed by atoms with Gasteiger partial charge in [0.2, 0.25) is 0 Å². The van der Waals surface area contributed by atoms with Crippen LogP contribution in [0.2, 0.25) is 0 Å². The molecule has 0 aromatic carbocycles. The highest BCUT2D eigenvalue weighted by atomic mass is 14.4. The fourth-order valence-corrected chi connectivity index (χ4v) is 3.06. The topological polar surface area (TPSA) is 0 Å². The van der Waals surface area contributed by atoms with E-state index in [2.05, 4.69) is 20.8 Å². The van der Waals surface area contributed by atoms with E-state index in [1.54, 1.807) is 0 Å². The van der Waals surface area contributed by atoms with E-state index in [0.717, 1.165) is 11.3 Å². The maximum atomic E-state index is 2.42. The highest BCUT2D eigenvalue weighted by molar-refractivity contribution is 4.83. The normalized spacial score (nSPS) is 18.5. The number of rotatable bonds is 4. The molecular weight excluding hydrogens is 204 g/mol.